The predicted molar refractivity (Wildman–Crippen MR) is 70.4 cm³/mol. The summed E-state index contributed by atoms with van der Waals surface area (Å²) >= 11 is 0. The van der Waals surface area contributed by atoms with E-state index >= 15 is 0 Å². The molecule has 6 heteroatoms. The van der Waals surface area contributed by atoms with Crippen LogP contribution in [-0.2, 0) is 19.9 Å². The summed E-state index contributed by atoms with van der Waals surface area (Å²) < 4.78 is 7.20. The molecule has 19 heavy (non-hydrogen) atoms. The van der Waals surface area contributed by atoms with Crippen molar-refractivity contribution in [3.05, 3.63) is 41.2 Å². The molecule has 2 heterocycles. The first-order valence-corrected chi connectivity index (χ1v) is 6.33. The Morgan fingerprint density at radius 2 is 2.42 bits per heavy atom. The molecule has 1 aliphatic heterocycles. The summed E-state index contributed by atoms with van der Waals surface area (Å²) in [5, 5.41) is 8.03. The van der Waals surface area contributed by atoms with Crippen LogP contribution in [0, 0.1) is 0 Å². The van der Waals surface area contributed by atoms with Crippen LogP contribution in [0.25, 0.3) is 0 Å². The monoisotopic (exact) mass is 259 g/mol. The summed E-state index contributed by atoms with van der Waals surface area (Å²) in [4.78, 5) is 0. The number of hydrogen-bond acceptors (Lipinski definition) is 5. The fraction of sp³-hybridized carbons (Fsp3) is 0.385. The molecule has 1 aromatic heterocycles. The van der Waals surface area contributed by atoms with Crippen molar-refractivity contribution in [3.8, 4) is 5.75 Å². The minimum absolute atomic E-state index is 0.0302. The maximum Gasteiger partial charge on any atom is 0.122 e. The minimum atomic E-state index is 0.0302. The topological polar surface area (TPSA) is 78.0 Å². The molecular weight excluding hydrogens is 242 g/mol. The Labute approximate surface area is 111 Å². The lowest BCUT2D eigenvalue weighted by Crippen LogP contribution is -2.29. The molecule has 0 amide bonds. The van der Waals surface area contributed by atoms with Gasteiger partial charge in [-0.15, -0.1) is 5.10 Å². The van der Waals surface area contributed by atoms with Crippen molar-refractivity contribution >= 4 is 0 Å². The molecule has 0 fully saturated rings. The first kappa shape index (κ1) is 12.1. The second kappa shape index (κ2) is 4.99. The molecule has 100 valence electrons. The number of benzene rings is 1. The lowest BCUT2D eigenvalue weighted by atomic mass is 9.99. The van der Waals surface area contributed by atoms with E-state index in [-0.39, 0.29) is 6.04 Å². The third-order valence-corrected chi connectivity index (χ3v) is 3.38. The highest BCUT2D eigenvalue weighted by Crippen LogP contribution is 2.28. The van der Waals surface area contributed by atoms with Gasteiger partial charge in [-0.2, -0.15) is 0 Å². The molecule has 1 aliphatic rings. The highest BCUT2D eigenvalue weighted by atomic mass is 16.5. The predicted octanol–water partition coefficient (Wildman–Crippen LogP) is 0.497. The summed E-state index contributed by atoms with van der Waals surface area (Å²) in [5.74, 6) is 6.65. The quantitative estimate of drug-likeness (QED) is 0.617. The van der Waals surface area contributed by atoms with Crippen molar-refractivity contribution in [2.75, 3.05) is 6.61 Å². The van der Waals surface area contributed by atoms with Crippen molar-refractivity contribution in [2.24, 2.45) is 12.9 Å². The maximum absolute atomic E-state index is 5.67. The lowest BCUT2D eigenvalue weighted by molar-refractivity contribution is 0.356. The van der Waals surface area contributed by atoms with E-state index in [1.54, 1.807) is 4.68 Å². The number of aromatic nitrogens is 3. The molecule has 3 rings (SSSR count). The van der Waals surface area contributed by atoms with Crippen molar-refractivity contribution in [3.63, 3.8) is 0 Å². The largest absolute Gasteiger partial charge is 0.493 e. The highest BCUT2D eigenvalue weighted by molar-refractivity contribution is 5.41. The number of nitrogens with one attached hydrogen (secondary N) is 1. The van der Waals surface area contributed by atoms with Crippen LogP contribution in [0.4, 0.5) is 0 Å². The van der Waals surface area contributed by atoms with E-state index in [0.717, 1.165) is 30.0 Å². The van der Waals surface area contributed by atoms with E-state index in [4.69, 9.17) is 10.6 Å². The second-order valence-corrected chi connectivity index (χ2v) is 4.77. The number of ether oxygens (including phenoxy) is 1. The Kier molecular flexibility index (Phi) is 3.18. The van der Waals surface area contributed by atoms with E-state index < -0.39 is 0 Å². The van der Waals surface area contributed by atoms with Gasteiger partial charge in [-0.05, 0) is 17.2 Å². The van der Waals surface area contributed by atoms with Gasteiger partial charge >= 0.3 is 0 Å². The van der Waals surface area contributed by atoms with Gasteiger partial charge in [0.25, 0.3) is 0 Å². The normalized spacial score (nSPS) is 15.1. The molecule has 1 aromatic carbocycles. The summed E-state index contributed by atoms with van der Waals surface area (Å²) in [6.45, 7) is 0.768. The van der Waals surface area contributed by atoms with E-state index in [0.29, 0.717) is 6.42 Å². The van der Waals surface area contributed by atoms with Gasteiger partial charge in [0, 0.05) is 26.1 Å². The molecule has 0 saturated carbocycles. The van der Waals surface area contributed by atoms with Gasteiger partial charge in [0.05, 0.1) is 18.3 Å². The average molecular weight is 259 g/mol. The molecule has 1 atom stereocenters. The van der Waals surface area contributed by atoms with Crippen LogP contribution in [0.1, 0.15) is 22.9 Å². The molecule has 0 radical (unpaired) electrons. The fourth-order valence-corrected chi connectivity index (χ4v) is 2.39. The zero-order valence-electron chi connectivity index (χ0n) is 10.8. The van der Waals surface area contributed by atoms with Crippen LogP contribution in [0.3, 0.4) is 0 Å². The Morgan fingerprint density at radius 1 is 1.53 bits per heavy atom. The Hall–Kier alpha value is -1.92. The zero-order valence-corrected chi connectivity index (χ0v) is 10.8. The number of nitrogens with two attached hydrogens (primary N) is 1. The molecule has 0 saturated heterocycles. The van der Waals surface area contributed by atoms with Crippen molar-refractivity contribution in [2.45, 2.75) is 18.9 Å². The molecule has 6 nitrogen and oxygen atoms in total. The zero-order chi connectivity index (χ0) is 13.2. The Bertz CT molecular complexity index is 580. The average Bonchev–Trinajstić information content (AvgIpc) is 3.03. The van der Waals surface area contributed by atoms with Crippen LogP contribution in [0.2, 0.25) is 0 Å². The van der Waals surface area contributed by atoms with E-state index in [1.807, 2.05) is 25.4 Å². The first-order chi connectivity index (χ1) is 9.26. The van der Waals surface area contributed by atoms with Crippen LogP contribution >= 0.6 is 0 Å². The number of hydrazine groups is 1. The van der Waals surface area contributed by atoms with Crippen molar-refractivity contribution in [1.82, 2.24) is 20.4 Å². The van der Waals surface area contributed by atoms with Crippen molar-refractivity contribution in [1.29, 1.82) is 0 Å². The van der Waals surface area contributed by atoms with Gasteiger partial charge in [0.2, 0.25) is 0 Å². The Balaban J connectivity index is 1.82. The molecule has 3 N–H and O–H groups in total. The summed E-state index contributed by atoms with van der Waals surface area (Å²) in [5.41, 5.74) is 6.17. The van der Waals surface area contributed by atoms with Crippen LogP contribution in [0.15, 0.2) is 24.4 Å². The molecule has 0 spiro atoms. The van der Waals surface area contributed by atoms with E-state index in [9.17, 15) is 0 Å². The minimum Gasteiger partial charge on any atom is -0.493 e. The van der Waals surface area contributed by atoms with Crippen LogP contribution in [-0.4, -0.2) is 21.6 Å². The number of rotatable bonds is 4. The van der Waals surface area contributed by atoms with E-state index in [2.05, 4.69) is 21.8 Å². The third kappa shape index (κ3) is 2.45. The molecule has 1 unspecified atom stereocenters. The number of nitrogens with zero attached hydrogens (tertiary/aromatic N) is 3. The van der Waals surface area contributed by atoms with Gasteiger partial charge in [-0.1, -0.05) is 17.3 Å². The van der Waals surface area contributed by atoms with E-state index in [1.165, 1.54) is 5.56 Å². The maximum atomic E-state index is 5.67. The van der Waals surface area contributed by atoms with Crippen LogP contribution < -0.4 is 16.0 Å². The summed E-state index contributed by atoms with van der Waals surface area (Å²) in [6, 6.07) is 6.25. The summed E-state index contributed by atoms with van der Waals surface area (Å²) in [7, 11) is 1.86. The Morgan fingerprint density at radius 3 is 3.16 bits per heavy atom. The third-order valence-electron chi connectivity index (χ3n) is 3.38. The van der Waals surface area contributed by atoms with Gasteiger partial charge in [-0.3, -0.25) is 16.0 Å². The second-order valence-electron chi connectivity index (χ2n) is 4.77. The molecule has 0 aliphatic carbocycles. The number of fused-ring (bicyclic) bond motifs is 1. The lowest BCUT2D eigenvalue weighted by Gasteiger charge is -2.15. The number of hydrogen-bond donors (Lipinski definition) is 2. The summed E-state index contributed by atoms with van der Waals surface area (Å²) in [6.07, 6.45) is 3.58. The first-order valence-electron chi connectivity index (χ1n) is 6.33. The van der Waals surface area contributed by atoms with Crippen LogP contribution in [0.5, 0.6) is 5.75 Å². The van der Waals surface area contributed by atoms with Gasteiger partial charge in [0.15, 0.2) is 0 Å². The standard InChI is InChI=1S/C13H17N5O/c1-18-8-11(16-17-18)7-12(15-14)9-2-3-13-10(6-9)4-5-19-13/h2-3,6,8,12,15H,4-5,7,14H2,1H3. The highest BCUT2D eigenvalue weighted by Gasteiger charge is 2.17. The molecule has 0 bridgehead atoms. The molecule has 2 aromatic rings. The number of aryl methyl sites for hydroxylation is 1. The fourth-order valence-electron chi connectivity index (χ4n) is 2.39. The van der Waals surface area contributed by atoms with Gasteiger partial charge in [0.1, 0.15) is 5.75 Å². The molecular formula is C13H17N5O. The SMILES string of the molecule is Cn1cc(CC(NN)c2ccc3c(c2)CCO3)nn1. The smallest absolute Gasteiger partial charge is 0.122 e. The van der Waals surface area contributed by atoms with Gasteiger partial charge in [-0.25, -0.2) is 0 Å². The van der Waals surface area contributed by atoms with Gasteiger partial charge < -0.3 is 4.74 Å². The van der Waals surface area contributed by atoms with Crippen molar-refractivity contribution < 1.29 is 4.74 Å².